The number of nitrogens with zero attached hydrogens (tertiary/aromatic N) is 4. The van der Waals surface area contributed by atoms with Gasteiger partial charge in [-0.15, -0.1) is 0 Å². The first kappa shape index (κ1) is 19.0. The van der Waals surface area contributed by atoms with Gasteiger partial charge in [0, 0.05) is 31.2 Å². The number of amides is 1. The van der Waals surface area contributed by atoms with Crippen LogP contribution in [0.25, 0.3) is 0 Å². The number of aromatic nitrogens is 2. The van der Waals surface area contributed by atoms with Crippen LogP contribution in [0.3, 0.4) is 0 Å². The molecule has 0 aromatic carbocycles. The molecule has 0 radical (unpaired) electrons. The molecule has 134 valence electrons. The van der Waals surface area contributed by atoms with Crippen LogP contribution in [0.4, 0.5) is 4.79 Å². The van der Waals surface area contributed by atoms with Crippen molar-refractivity contribution in [2.75, 3.05) is 13.1 Å². The van der Waals surface area contributed by atoms with E-state index in [4.69, 9.17) is 4.74 Å². The van der Waals surface area contributed by atoms with Crippen molar-refractivity contribution < 1.29 is 18.8 Å². The molecule has 1 aliphatic heterocycles. The Hall–Kier alpha value is -2.33. The van der Waals surface area contributed by atoms with Crippen molar-refractivity contribution in [3.05, 3.63) is 23.8 Å². The first-order chi connectivity index (χ1) is 11.7. The summed E-state index contributed by atoms with van der Waals surface area (Å²) in [7, 11) is 0. The van der Waals surface area contributed by atoms with Crippen LogP contribution in [0.5, 0.6) is 0 Å². The van der Waals surface area contributed by atoms with Gasteiger partial charge in [-0.05, 0) is 27.7 Å². The molecule has 1 fully saturated rings. The third-order valence-electron chi connectivity index (χ3n) is 4.48. The molecule has 2 rings (SSSR count). The Morgan fingerprint density at radius 1 is 1.36 bits per heavy atom. The summed E-state index contributed by atoms with van der Waals surface area (Å²) in [5.74, 6) is 0.520. The second-order valence-corrected chi connectivity index (χ2v) is 7.53. The number of carbonyl (C=O) groups is 2. The van der Waals surface area contributed by atoms with E-state index in [1.165, 1.54) is 0 Å². The summed E-state index contributed by atoms with van der Waals surface area (Å²) in [4.78, 5) is 32.5. The summed E-state index contributed by atoms with van der Waals surface area (Å²) < 4.78 is 5.48. The lowest BCUT2D eigenvalue weighted by molar-refractivity contribution is -0.886. The quantitative estimate of drug-likeness (QED) is 0.618. The van der Waals surface area contributed by atoms with Crippen molar-refractivity contribution in [1.29, 1.82) is 5.26 Å². The molecule has 1 atom stereocenters. The largest absolute Gasteiger partial charge is 0.517 e. The van der Waals surface area contributed by atoms with Crippen molar-refractivity contribution in [3.63, 3.8) is 0 Å². The lowest BCUT2D eigenvalue weighted by Gasteiger charge is -2.42. The monoisotopic (exact) mass is 345 g/mol. The highest BCUT2D eigenvalue weighted by molar-refractivity contribution is 5.62. The average Bonchev–Trinajstić information content (AvgIpc) is 2.56. The number of piperidine rings is 1. The molecule has 1 amide bonds. The molecule has 1 aromatic rings. The summed E-state index contributed by atoms with van der Waals surface area (Å²) in [5.41, 5.74) is -0.0725. The van der Waals surface area contributed by atoms with Gasteiger partial charge in [0.2, 0.25) is 6.04 Å². The van der Waals surface area contributed by atoms with Crippen LogP contribution in [0.1, 0.15) is 51.0 Å². The van der Waals surface area contributed by atoms with E-state index < -0.39 is 17.7 Å². The van der Waals surface area contributed by atoms with E-state index in [9.17, 15) is 14.9 Å². The predicted octanol–water partition coefficient (Wildman–Crippen LogP) is 2.71. The smallest absolute Gasteiger partial charge is 0.414 e. The van der Waals surface area contributed by atoms with Gasteiger partial charge in [0.1, 0.15) is 23.8 Å². The van der Waals surface area contributed by atoms with E-state index in [-0.39, 0.29) is 10.4 Å². The van der Waals surface area contributed by atoms with Gasteiger partial charge in [-0.3, -0.25) is 0 Å². The Bertz CT molecular complexity index is 665. The number of hydrogen-bond donors (Lipinski definition) is 0. The first-order valence-corrected chi connectivity index (χ1v) is 8.45. The number of aryl methyl sites for hydroxylation is 1. The van der Waals surface area contributed by atoms with E-state index in [0.717, 1.165) is 6.29 Å². The number of rotatable bonds is 3. The molecule has 0 bridgehead atoms. The molecule has 1 unspecified atom stereocenters. The SMILES string of the molecule is Cc1ncc(C(C#N)[N+]2(C(=O)OC(C)(C)C)CCC(C=O)CC2)cn1. The zero-order valence-corrected chi connectivity index (χ0v) is 15.2. The van der Waals surface area contributed by atoms with Crippen molar-refractivity contribution in [1.82, 2.24) is 9.97 Å². The molecule has 0 spiro atoms. The Kier molecular flexibility index (Phi) is 5.53. The number of carbonyl (C=O) groups excluding carboxylic acids is 2. The van der Waals surface area contributed by atoms with Gasteiger partial charge in [-0.2, -0.15) is 10.1 Å². The minimum Gasteiger partial charge on any atom is -0.414 e. The van der Waals surface area contributed by atoms with Gasteiger partial charge in [-0.25, -0.2) is 14.5 Å². The van der Waals surface area contributed by atoms with Gasteiger partial charge in [0.25, 0.3) is 0 Å². The molecule has 25 heavy (non-hydrogen) atoms. The zero-order chi connectivity index (χ0) is 18.7. The summed E-state index contributed by atoms with van der Waals surface area (Å²) >= 11 is 0. The summed E-state index contributed by atoms with van der Waals surface area (Å²) in [6, 6.07) is 1.49. The summed E-state index contributed by atoms with van der Waals surface area (Å²) in [6.07, 6.45) is 4.77. The standard InChI is InChI=1S/C18H25N4O3/c1-13-20-10-15(11-21-13)16(9-19)22(17(24)25-18(2,3)4)7-5-14(12-23)6-8-22/h10-12,14,16H,5-8H2,1-4H3/q+1. The third kappa shape index (κ3) is 4.20. The fourth-order valence-corrected chi connectivity index (χ4v) is 3.10. The maximum absolute atomic E-state index is 13.0. The molecular formula is C18H25N4O3+. The number of nitriles is 1. The van der Waals surface area contributed by atoms with Gasteiger partial charge < -0.3 is 9.53 Å². The van der Waals surface area contributed by atoms with Crippen LogP contribution in [-0.2, 0) is 9.53 Å². The number of ether oxygens (including phenoxy) is 1. The maximum Gasteiger partial charge on any atom is 0.517 e. The zero-order valence-electron chi connectivity index (χ0n) is 15.2. The number of quaternary nitrogens is 1. The van der Waals surface area contributed by atoms with Crippen LogP contribution >= 0.6 is 0 Å². The Labute approximate surface area is 148 Å². The molecule has 1 aliphatic rings. The van der Waals surface area contributed by atoms with Crippen molar-refractivity contribution in [3.8, 4) is 6.07 Å². The number of aldehydes is 1. The van der Waals surface area contributed by atoms with E-state index in [1.54, 1.807) is 40.1 Å². The van der Waals surface area contributed by atoms with Crippen LogP contribution in [0, 0.1) is 24.2 Å². The van der Waals surface area contributed by atoms with Gasteiger partial charge >= 0.3 is 6.09 Å². The average molecular weight is 345 g/mol. The topological polar surface area (TPSA) is 92.9 Å². The van der Waals surface area contributed by atoms with Gasteiger partial charge in [0.05, 0.1) is 18.7 Å². The van der Waals surface area contributed by atoms with Crippen molar-refractivity contribution >= 4 is 12.4 Å². The Morgan fingerprint density at radius 3 is 2.36 bits per heavy atom. The summed E-state index contributed by atoms with van der Waals surface area (Å²) in [6.45, 7) is 7.93. The molecule has 7 heteroatoms. The normalized spacial score (nSPS) is 24.8. The number of hydrogen-bond acceptors (Lipinski definition) is 6. The highest BCUT2D eigenvalue weighted by Crippen LogP contribution is 2.36. The lowest BCUT2D eigenvalue weighted by atomic mass is 9.93. The van der Waals surface area contributed by atoms with Gasteiger partial charge in [-0.1, -0.05) is 0 Å². The Balaban J connectivity index is 2.42. The molecule has 2 heterocycles. The molecule has 1 saturated heterocycles. The second kappa shape index (κ2) is 7.28. The Morgan fingerprint density at radius 2 is 1.92 bits per heavy atom. The molecule has 0 N–H and O–H groups in total. The third-order valence-corrected chi connectivity index (χ3v) is 4.48. The van der Waals surface area contributed by atoms with Crippen molar-refractivity contribution in [2.24, 2.45) is 5.92 Å². The highest BCUT2D eigenvalue weighted by atomic mass is 16.6. The van der Waals surface area contributed by atoms with E-state index in [0.29, 0.717) is 37.3 Å². The molecule has 1 aromatic heterocycles. The van der Waals surface area contributed by atoms with E-state index in [2.05, 4.69) is 16.0 Å². The maximum atomic E-state index is 13.0. The first-order valence-electron chi connectivity index (χ1n) is 8.45. The minimum absolute atomic E-state index is 0.0812. The molecule has 0 saturated carbocycles. The highest BCUT2D eigenvalue weighted by Gasteiger charge is 2.51. The van der Waals surface area contributed by atoms with Crippen molar-refractivity contribution in [2.45, 2.75) is 52.2 Å². The fourth-order valence-electron chi connectivity index (χ4n) is 3.10. The molecular weight excluding hydrogens is 320 g/mol. The van der Waals surface area contributed by atoms with Crippen LogP contribution in [0.2, 0.25) is 0 Å². The number of likely N-dealkylation sites (tertiary alicyclic amines) is 1. The summed E-state index contributed by atoms with van der Waals surface area (Å²) in [5, 5.41) is 9.84. The van der Waals surface area contributed by atoms with Gasteiger partial charge in [0.15, 0.2) is 0 Å². The van der Waals surface area contributed by atoms with Crippen LogP contribution in [-0.4, -0.2) is 45.5 Å². The van der Waals surface area contributed by atoms with Crippen LogP contribution < -0.4 is 0 Å². The van der Waals surface area contributed by atoms with E-state index >= 15 is 0 Å². The molecule has 7 nitrogen and oxygen atoms in total. The second-order valence-electron chi connectivity index (χ2n) is 7.53. The molecule has 0 aliphatic carbocycles. The lowest BCUT2D eigenvalue weighted by Crippen LogP contribution is -2.60. The van der Waals surface area contributed by atoms with E-state index in [1.807, 2.05) is 0 Å². The predicted molar refractivity (Wildman–Crippen MR) is 90.1 cm³/mol. The minimum atomic E-state index is -0.761. The fraction of sp³-hybridized carbons (Fsp3) is 0.611. The van der Waals surface area contributed by atoms with Crippen LogP contribution in [0.15, 0.2) is 12.4 Å².